The smallest absolute Gasteiger partial charge is 0.209 e. The van der Waals surface area contributed by atoms with E-state index in [0.717, 1.165) is 0 Å². The van der Waals surface area contributed by atoms with Crippen LogP contribution in [-0.2, 0) is 10.0 Å². The zero-order chi connectivity index (χ0) is 8.48. The molecular formula is C5H12N2O2S2. The Morgan fingerprint density at radius 3 is 2.64 bits per heavy atom. The number of hydrogen-bond donors (Lipinski definition) is 2. The van der Waals surface area contributed by atoms with Crippen LogP contribution in [0, 0.1) is 0 Å². The van der Waals surface area contributed by atoms with Crippen molar-refractivity contribution in [2.75, 3.05) is 12.8 Å². The molecule has 1 aliphatic heterocycles. The predicted octanol–water partition coefficient (Wildman–Crippen LogP) is -0.456. The number of sulfonamides is 1. The highest BCUT2D eigenvalue weighted by Gasteiger charge is 2.23. The molecule has 0 radical (unpaired) electrons. The first-order valence-corrected chi connectivity index (χ1v) is 6.17. The van der Waals surface area contributed by atoms with Crippen LogP contribution in [0.4, 0.5) is 0 Å². The predicted molar refractivity (Wildman–Crippen MR) is 46.8 cm³/mol. The van der Waals surface area contributed by atoms with Crippen molar-refractivity contribution >= 4 is 21.8 Å². The van der Waals surface area contributed by atoms with E-state index in [1.165, 1.54) is 6.26 Å². The minimum atomic E-state index is -3.04. The first-order chi connectivity index (χ1) is 4.97. The minimum absolute atomic E-state index is 0.000000000000000222. The maximum absolute atomic E-state index is 10.7. The highest BCUT2D eigenvalue weighted by Crippen LogP contribution is 2.19. The lowest BCUT2D eigenvalue weighted by Gasteiger charge is -2.07. The van der Waals surface area contributed by atoms with Crippen LogP contribution in [-0.4, -0.2) is 32.0 Å². The van der Waals surface area contributed by atoms with Gasteiger partial charge < -0.3 is 5.32 Å². The van der Waals surface area contributed by atoms with Crippen LogP contribution in [0.2, 0.25) is 0 Å². The van der Waals surface area contributed by atoms with Crippen molar-refractivity contribution in [2.45, 2.75) is 17.7 Å². The highest BCUT2D eigenvalue weighted by molar-refractivity contribution is 8.01. The molecule has 6 heteroatoms. The molecule has 1 rings (SSSR count). The van der Waals surface area contributed by atoms with Gasteiger partial charge in [0.2, 0.25) is 10.0 Å². The third-order valence-corrected chi connectivity index (χ3v) is 3.35. The lowest BCUT2D eigenvalue weighted by Crippen LogP contribution is -2.33. The quantitative estimate of drug-likeness (QED) is 0.628. The second-order valence-corrected chi connectivity index (χ2v) is 5.89. The first kappa shape index (κ1) is 9.31. The summed E-state index contributed by atoms with van der Waals surface area (Å²) in [7, 11) is -3.04. The minimum Gasteiger partial charge on any atom is -0.303 e. The Hall–Kier alpha value is 0.220. The van der Waals surface area contributed by atoms with E-state index < -0.39 is 10.0 Å². The second-order valence-electron chi connectivity index (χ2n) is 2.57. The van der Waals surface area contributed by atoms with Gasteiger partial charge in [0.25, 0.3) is 0 Å². The summed E-state index contributed by atoms with van der Waals surface area (Å²) in [6.07, 6.45) is 1.18. The van der Waals surface area contributed by atoms with E-state index in [0.29, 0.717) is 11.9 Å². The molecule has 1 saturated heterocycles. The largest absolute Gasteiger partial charge is 0.303 e. The van der Waals surface area contributed by atoms with E-state index in [1.807, 2.05) is 6.92 Å². The van der Waals surface area contributed by atoms with E-state index in [4.69, 9.17) is 0 Å². The normalized spacial score (nSPS) is 32.5. The fraction of sp³-hybridized carbons (Fsp3) is 1.00. The zero-order valence-corrected chi connectivity index (χ0v) is 8.13. The molecule has 0 aromatic rings. The van der Waals surface area contributed by atoms with Gasteiger partial charge in [-0.3, -0.25) is 0 Å². The first-order valence-electron chi connectivity index (χ1n) is 3.33. The summed E-state index contributed by atoms with van der Waals surface area (Å²) < 4.78 is 24.0. The van der Waals surface area contributed by atoms with Crippen molar-refractivity contribution in [3.8, 4) is 0 Å². The van der Waals surface area contributed by atoms with Gasteiger partial charge in [-0.1, -0.05) is 0 Å². The van der Waals surface area contributed by atoms with Gasteiger partial charge in [0.1, 0.15) is 0 Å². The number of nitrogens with one attached hydrogen (secondary N) is 2. The monoisotopic (exact) mass is 196 g/mol. The molecule has 1 heterocycles. The topological polar surface area (TPSA) is 58.2 Å². The van der Waals surface area contributed by atoms with Crippen LogP contribution in [0.25, 0.3) is 0 Å². The molecule has 0 unspecified atom stereocenters. The Balaban J connectivity index is 2.41. The molecule has 1 aliphatic rings. The fourth-order valence-corrected chi connectivity index (χ4v) is 3.11. The summed E-state index contributed by atoms with van der Waals surface area (Å²) in [5, 5.41) is 3.47. The molecule has 0 aromatic carbocycles. The number of thioether (sulfide) groups is 1. The molecular weight excluding hydrogens is 184 g/mol. The van der Waals surface area contributed by atoms with Gasteiger partial charge in [-0.05, 0) is 6.92 Å². The molecule has 0 saturated carbocycles. The third-order valence-electron chi connectivity index (χ3n) is 1.30. The zero-order valence-electron chi connectivity index (χ0n) is 6.49. The SMILES string of the molecule is C[C@H]1NC[C@H](NS(C)(=O)=O)S1. The number of rotatable bonds is 2. The standard InChI is InChI=1S/C5H12N2O2S2/c1-4-6-3-5(10-4)7-11(2,8)9/h4-7H,3H2,1-2H3/t4-,5+/m0/s1. The van der Waals surface area contributed by atoms with E-state index in [1.54, 1.807) is 11.8 Å². The van der Waals surface area contributed by atoms with Gasteiger partial charge in [0, 0.05) is 6.54 Å². The summed E-state index contributed by atoms with van der Waals surface area (Å²) >= 11 is 1.59. The van der Waals surface area contributed by atoms with E-state index in [9.17, 15) is 8.42 Å². The molecule has 0 aromatic heterocycles. The van der Waals surface area contributed by atoms with Crippen LogP contribution >= 0.6 is 11.8 Å². The van der Waals surface area contributed by atoms with Gasteiger partial charge in [0.05, 0.1) is 17.0 Å². The van der Waals surface area contributed by atoms with Crippen LogP contribution < -0.4 is 10.0 Å². The molecule has 0 spiro atoms. The van der Waals surface area contributed by atoms with Gasteiger partial charge in [-0.25, -0.2) is 13.1 Å². The van der Waals surface area contributed by atoms with Gasteiger partial charge in [0.15, 0.2) is 0 Å². The van der Waals surface area contributed by atoms with Gasteiger partial charge in [-0.15, -0.1) is 11.8 Å². The Labute approximate surface area is 71.2 Å². The van der Waals surface area contributed by atoms with E-state index in [2.05, 4.69) is 10.0 Å². The molecule has 66 valence electrons. The summed E-state index contributed by atoms with van der Waals surface area (Å²) in [5.74, 6) is 0. The van der Waals surface area contributed by atoms with Gasteiger partial charge >= 0.3 is 0 Å². The van der Waals surface area contributed by atoms with E-state index in [-0.39, 0.29) is 5.37 Å². The van der Waals surface area contributed by atoms with E-state index >= 15 is 0 Å². The molecule has 1 fully saturated rings. The Bertz CT molecular complexity index is 227. The molecule has 11 heavy (non-hydrogen) atoms. The van der Waals surface area contributed by atoms with Crippen molar-refractivity contribution in [2.24, 2.45) is 0 Å². The fourth-order valence-electron chi connectivity index (χ4n) is 0.924. The van der Waals surface area contributed by atoms with Crippen LogP contribution in [0.5, 0.6) is 0 Å². The average molecular weight is 196 g/mol. The maximum atomic E-state index is 10.7. The second kappa shape index (κ2) is 3.30. The van der Waals surface area contributed by atoms with Gasteiger partial charge in [-0.2, -0.15) is 0 Å². The van der Waals surface area contributed by atoms with Crippen molar-refractivity contribution in [3.05, 3.63) is 0 Å². The molecule has 0 amide bonds. The molecule has 4 nitrogen and oxygen atoms in total. The molecule has 2 atom stereocenters. The van der Waals surface area contributed by atoms with Crippen molar-refractivity contribution in [1.82, 2.24) is 10.0 Å². The number of hydrogen-bond acceptors (Lipinski definition) is 4. The van der Waals surface area contributed by atoms with Crippen LogP contribution in [0.3, 0.4) is 0 Å². The van der Waals surface area contributed by atoms with Crippen LogP contribution in [0.1, 0.15) is 6.92 Å². The molecule has 0 aliphatic carbocycles. The Morgan fingerprint density at radius 1 is 1.64 bits per heavy atom. The highest BCUT2D eigenvalue weighted by atomic mass is 32.2. The third kappa shape index (κ3) is 3.42. The summed E-state index contributed by atoms with van der Waals surface area (Å²) in [6, 6.07) is 0. The maximum Gasteiger partial charge on any atom is 0.209 e. The summed E-state index contributed by atoms with van der Waals surface area (Å²) in [5.41, 5.74) is 0. The molecule has 0 bridgehead atoms. The summed E-state index contributed by atoms with van der Waals surface area (Å²) in [4.78, 5) is 0. The lowest BCUT2D eigenvalue weighted by molar-refractivity contribution is 0.581. The van der Waals surface area contributed by atoms with Crippen molar-refractivity contribution in [1.29, 1.82) is 0 Å². The van der Waals surface area contributed by atoms with Crippen molar-refractivity contribution < 1.29 is 8.42 Å². The Kier molecular flexibility index (Phi) is 2.79. The average Bonchev–Trinajstić information content (AvgIpc) is 2.10. The molecule has 2 N–H and O–H groups in total. The Morgan fingerprint density at radius 2 is 2.27 bits per heavy atom. The van der Waals surface area contributed by atoms with Crippen molar-refractivity contribution in [3.63, 3.8) is 0 Å². The van der Waals surface area contributed by atoms with Crippen LogP contribution in [0.15, 0.2) is 0 Å². The lowest BCUT2D eigenvalue weighted by atomic mass is 10.6. The summed E-state index contributed by atoms with van der Waals surface area (Å²) in [6.45, 7) is 2.72.